The Balaban J connectivity index is 0. The van der Waals surface area contributed by atoms with Crippen molar-refractivity contribution in [1.29, 1.82) is 0 Å². The van der Waals surface area contributed by atoms with Crippen LogP contribution < -0.4 is 9.47 Å². The number of hydrogen-bond acceptors (Lipinski definition) is 4. The number of halogens is 1. The summed E-state index contributed by atoms with van der Waals surface area (Å²) in [4.78, 5) is 0. The SMILES string of the molecule is C.C.C.CC[C@@H](O)COc1ccc(C(C)(C)c2ccc(OC[C@H](O)CCl)cc2)cc1. The minimum Gasteiger partial charge on any atom is -0.491 e. The van der Waals surface area contributed by atoms with Gasteiger partial charge < -0.3 is 19.7 Å². The lowest BCUT2D eigenvalue weighted by Crippen LogP contribution is -2.20. The lowest BCUT2D eigenvalue weighted by Gasteiger charge is -2.26. The lowest BCUT2D eigenvalue weighted by molar-refractivity contribution is 0.104. The minimum atomic E-state index is -0.665. The molecular weight excluding hydrogens is 400 g/mol. The van der Waals surface area contributed by atoms with Crippen LogP contribution in [-0.2, 0) is 5.41 Å². The maximum Gasteiger partial charge on any atom is 0.119 e. The number of benzene rings is 2. The first-order valence-corrected chi connectivity index (χ1v) is 9.79. The van der Waals surface area contributed by atoms with Gasteiger partial charge in [-0.2, -0.15) is 0 Å². The van der Waals surface area contributed by atoms with Crippen LogP contribution >= 0.6 is 11.6 Å². The van der Waals surface area contributed by atoms with Crippen molar-refractivity contribution in [3.05, 3.63) is 59.7 Å². The fraction of sp³-hybridized carbons (Fsp3) is 0.520. The van der Waals surface area contributed by atoms with Crippen LogP contribution in [0.4, 0.5) is 0 Å². The van der Waals surface area contributed by atoms with Crippen LogP contribution in [0.3, 0.4) is 0 Å². The molecule has 2 atom stereocenters. The Morgan fingerprint density at radius 2 is 1.13 bits per heavy atom. The third kappa shape index (κ3) is 8.55. The molecule has 5 heteroatoms. The van der Waals surface area contributed by atoms with E-state index in [2.05, 4.69) is 26.0 Å². The molecule has 0 bridgehead atoms. The molecule has 0 aliphatic carbocycles. The maximum atomic E-state index is 9.60. The summed E-state index contributed by atoms with van der Waals surface area (Å²) < 4.78 is 11.1. The Bertz CT molecular complexity index is 624. The van der Waals surface area contributed by atoms with Gasteiger partial charge in [-0.3, -0.25) is 0 Å². The highest BCUT2D eigenvalue weighted by Gasteiger charge is 2.23. The Morgan fingerprint density at radius 3 is 1.47 bits per heavy atom. The highest BCUT2D eigenvalue weighted by Crippen LogP contribution is 2.33. The second kappa shape index (κ2) is 14.3. The standard InChI is InChI=1S/C22H29ClO4.3CH4/c1-4-18(24)14-26-20-9-5-16(6-10-20)22(2,3)17-7-11-21(12-8-17)27-15-19(25)13-23;;;/h5-12,18-19,24-25H,4,13-15H2,1-3H3;3*1H4/t18-,19-;;;/m1.../s1. The van der Waals surface area contributed by atoms with E-state index in [0.717, 1.165) is 16.9 Å². The fourth-order valence-corrected chi connectivity index (χ4v) is 2.74. The topological polar surface area (TPSA) is 58.9 Å². The van der Waals surface area contributed by atoms with E-state index in [0.29, 0.717) is 18.8 Å². The summed E-state index contributed by atoms with van der Waals surface area (Å²) in [5.74, 6) is 1.61. The smallest absolute Gasteiger partial charge is 0.119 e. The minimum absolute atomic E-state index is 0. The van der Waals surface area contributed by atoms with Gasteiger partial charge in [0.15, 0.2) is 0 Å². The number of aliphatic hydroxyl groups excluding tert-OH is 2. The highest BCUT2D eigenvalue weighted by atomic mass is 35.5. The van der Waals surface area contributed by atoms with Gasteiger partial charge in [0, 0.05) is 5.41 Å². The molecule has 172 valence electrons. The third-order valence-corrected chi connectivity index (χ3v) is 5.04. The van der Waals surface area contributed by atoms with Gasteiger partial charge in [0.25, 0.3) is 0 Å². The molecule has 0 radical (unpaired) electrons. The quantitative estimate of drug-likeness (QED) is 0.441. The molecule has 0 unspecified atom stereocenters. The Labute approximate surface area is 188 Å². The summed E-state index contributed by atoms with van der Waals surface area (Å²) >= 11 is 5.57. The summed E-state index contributed by atoms with van der Waals surface area (Å²) in [6.07, 6.45) is -0.426. The second-order valence-electron chi connectivity index (χ2n) is 7.17. The molecule has 0 aliphatic rings. The first-order valence-electron chi connectivity index (χ1n) is 9.25. The summed E-state index contributed by atoms with van der Waals surface area (Å²) in [6.45, 7) is 6.74. The van der Waals surface area contributed by atoms with Crippen molar-refractivity contribution in [1.82, 2.24) is 0 Å². The van der Waals surface area contributed by atoms with Crippen molar-refractivity contribution < 1.29 is 19.7 Å². The molecule has 2 N–H and O–H groups in total. The summed E-state index contributed by atoms with van der Waals surface area (Å²) in [6, 6.07) is 15.8. The molecule has 0 heterocycles. The zero-order chi connectivity index (χ0) is 19.9. The number of ether oxygens (including phenoxy) is 2. The van der Waals surface area contributed by atoms with Gasteiger partial charge in [0.2, 0.25) is 0 Å². The van der Waals surface area contributed by atoms with E-state index >= 15 is 0 Å². The van der Waals surface area contributed by atoms with Crippen LogP contribution in [0.25, 0.3) is 0 Å². The summed E-state index contributed by atoms with van der Waals surface area (Å²) in [5, 5.41) is 19.1. The van der Waals surface area contributed by atoms with Crippen LogP contribution in [-0.4, -0.2) is 41.5 Å². The number of alkyl halides is 1. The largest absolute Gasteiger partial charge is 0.491 e. The van der Waals surface area contributed by atoms with Crippen molar-refractivity contribution in [3.8, 4) is 11.5 Å². The predicted octanol–water partition coefficient (Wildman–Crippen LogP) is 6.05. The van der Waals surface area contributed by atoms with Crippen molar-refractivity contribution in [2.75, 3.05) is 19.1 Å². The molecule has 0 saturated carbocycles. The monoisotopic (exact) mass is 440 g/mol. The molecule has 0 fully saturated rings. The number of hydrogen-bond donors (Lipinski definition) is 2. The van der Waals surface area contributed by atoms with Crippen molar-refractivity contribution >= 4 is 11.6 Å². The molecule has 0 aromatic heterocycles. The van der Waals surface area contributed by atoms with E-state index in [4.69, 9.17) is 21.1 Å². The molecule has 2 aromatic rings. The molecule has 4 nitrogen and oxygen atoms in total. The van der Waals surface area contributed by atoms with Gasteiger partial charge in [-0.05, 0) is 41.8 Å². The molecule has 30 heavy (non-hydrogen) atoms. The number of rotatable bonds is 10. The van der Waals surface area contributed by atoms with E-state index in [9.17, 15) is 10.2 Å². The number of aliphatic hydroxyl groups is 2. The van der Waals surface area contributed by atoms with Gasteiger partial charge in [-0.1, -0.05) is 67.3 Å². The zero-order valence-corrected chi connectivity index (χ0v) is 16.9. The van der Waals surface area contributed by atoms with Crippen LogP contribution in [0.15, 0.2) is 48.5 Å². The van der Waals surface area contributed by atoms with Gasteiger partial charge in [0.05, 0.1) is 12.0 Å². The second-order valence-corrected chi connectivity index (χ2v) is 7.47. The van der Waals surface area contributed by atoms with Crippen LogP contribution in [0.1, 0.15) is 60.6 Å². The van der Waals surface area contributed by atoms with E-state index in [1.54, 1.807) is 0 Å². The molecule has 0 aliphatic heterocycles. The van der Waals surface area contributed by atoms with E-state index in [-0.39, 0.29) is 40.2 Å². The lowest BCUT2D eigenvalue weighted by atomic mass is 9.78. The van der Waals surface area contributed by atoms with Crippen molar-refractivity contribution in [2.45, 2.75) is 67.1 Å². The van der Waals surface area contributed by atoms with Gasteiger partial charge in [0.1, 0.15) is 30.8 Å². The highest BCUT2D eigenvalue weighted by molar-refractivity contribution is 6.18. The average molecular weight is 441 g/mol. The first-order chi connectivity index (χ1) is 12.9. The van der Waals surface area contributed by atoms with Crippen LogP contribution in [0.2, 0.25) is 0 Å². The van der Waals surface area contributed by atoms with Crippen LogP contribution in [0, 0.1) is 0 Å². The zero-order valence-electron chi connectivity index (χ0n) is 16.2. The predicted molar refractivity (Wildman–Crippen MR) is 129 cm³/mol. The third-order valence-electron chi connectivity index (χ3n) is 4.69. The Morgan fingerprint density at radius 1 is 0.767 bits per heavy atom. The molecule has 2 aromatic carbocycles. The van der Waals surface area contributed by atoms with Gasteiger partial charge in [-0.25, -0.2) is 0 Å². The summed E-state index contributed by atoms with van der Waals surface area (Å²) in [5.41, 5.74) is 2.13. The normalized spacial score (nSPS) is 12.5. The van der Waals surface area contributed by atoms with Gasteiger partial charge >= 0.3 is 0 Å². The molecule has 0 saturated heterocycles. The molecular formula is C25H41ClO4. The summed E-state index contributed by atoms with van der Waals surface area (Å²) in [7, 11) is 0. The molecule has 0 amide bonds. The van der Waals surface area contributed by atoms with E-state index in [1.165, 1.54) is 0 Å². The molecule has 0 spiro atoms. The average Bonchev–Trinajstić information content (AvgIpc) is 2.70. The van der Waals surface area contributed by atoms with E-state index in [1.807, 2.05) is 43.3 Å². The first kappa shape index (κ1) is 30.4. The van der Waals surface area contributed by atoms with Gasteiger partial charge in [-0.15, -0.1) is 11.6 Å². The Hall–Kier alpha value is -1.75. The fourth-order valence-electron chi connectivity index (χ4n) is 2.65. The van der Waals surface area contributed by atoms with Crippen LogP contribution in [0.5, 0.6) is 11.5 Å². The maximum absolute atomic E-state index is 9.60. The van der Waals surface area contributed by atoms with E-state index < -0.39 is 12.2 Å². The van der Waals surface area contributed by atoms with Crippen molar-refractivity contribution in [2.24, 2.45) is 0 Å². The van der Waals surface area contributed by atoms with Crippen molar-refractivity contribution in [3.63, 3.8) is 0 Å². The Kier molecular flexibility index (Phi) is 14.5. The molecule has 2 rings (SSSR count).